The molecule has 1 saturated heterocycles. The molecule has 2 heterocycles. The van der Waals surface area contributed by atoms with Gasteiger partial charge in [0.05, 0.1) is 17.7 Å². The molecule has 1 unspecified atom stereocenters. The number of thiazole rings is 1. The van der Waals surface area contributed by atoms with Crippen molar-refractivity contribution in [3.05, 3.63) is 10.7 Å². The predicted molar refractivity (Wildman–Crippen MR) is 69.1 cm³/mol. The number of sulfonamides is 1. The zero-order valence-corrected chi connectivity index (χ0v) is 12.4. The van der Waals surface area contributed by atoms with Gasteiger partial charge in [0.15, 0.2) is 18.5 Å². The molecule has 0 aromatic carbocycles. The van der Waals surface area contributed by atoms with Gasteiger partial charge in [-0.1, -0.05) is 22.9 Å². The van der Waals surface area contributed by atoms with Crippen LogP contribution in [0.2, 0.25) is 4.47 Å². The minimum absolute atomic E-state index is 0.00419. The minimum atomic E-state index is -3.73. The number of aromatic nitrogens is 1. The first-order valence-corrected chi connectivity index (χ1v) is 9.62. The van der Waals surface area contributed by atoms with Crippen molar-refractivity contribution in [3.8, 4) is 0 Å². The van der Waals surface area contributed by atoms with Gasteiger partial charge in [-0.2, -0.15) is 0 Å². The SMILES string of the molecule is O=S1(=O)CCCC(NS(=O)(=O)c2cnc(Cl)s2)C1. The van der Waals surface area contributed by atoms with E-state index in [0.29, 0.717) is 12.8 Å². The van der Waals surface area contributed by atoms with Gasteiger partial charge in [0, 0.05) is 6.04 Å². The summed E-state index contributed by atoms with van der Waals surface area (Å²) in [5.41, 5.74) is 0. The lowest BCUT2D eigenvalue weighted by Crippen LogP contribution is -2.42. The van der Waals surface area contributed by atoms with Gasteiger partial charge in [-0.05, 0) is 12.8 Å². The van der Waals surface area contributed by atoms with Crippen molar-refractivity contribution >= 4 is 42.8 Å². The van der Waals surface area contributed by atoms with Gasteiger partial charge in [0.1, 0.15) is 0 Å². The summed E-state index contributed by atoms with van der Waals surface area (Å²) in [5, 5.41) is 0. The van der Waals surface area contributed by atoms with Crippen LogP contribution in [-0.2, 0) is 19.9 Å². The average molecular weight is 331 g/mol. The van der Waals surface area contributed by atoms with Crippen molar-refractivity contribution in [3.63, 3.8) is 0 Å². The lowest BCUT2D eigenvalue weighted by Gasteiger charge is -2.22. The fraction of sp³-hybridized carbons (Fsp3) is 0.625. The second kappa shape index (κ2) is 5.04. The average Bonchev–Trinajstić information content (AvgIpc) is 2.63. The van der Waals surface area contributed by atoms with Crippen molar-refractivity contribution in [2.24, 2.45) is 0 Å². The molecule has 0 aliphatic carbocycles. The molecule has 0 saturated carbocycles. The van der Waals surface area contributed by atoms with Crippen molar-refractivity contribution in [2.75, 3.05) is 11.5 Å². The Kier molecular flexibility index (Phi) is 3.98. The Hall–Kier alpha value is -0.220. The van der Waals surface area contributed by atoms with Crippen LogP contribution in [0.5, 0.6) is 0 Å². The van der Waals surface area contributed by atoms with E-state index in [1.807, 2.05) is 0 Å². The number of sulfone groups is 1. The third-order valence-electron chi connectivity index (χ3n) is 2.51. The number of nitrogens with one attached hydrogen (secondary N) is 1. The van der Waals surface area contributed by atoms with Crippen molar-refractivity contribution < 1.29 is 16.8 Å². The highest BCUT2D eigenvalue weighted by atomic mass is 35.5. The highest BCUT2D eigenvalue weighted by Gasteiger charge is 2.29. The van der Waals surface area contributed by atoms with E-state index in [1.165, 1.54) is 0 Å². The third kappa shape index (κ3) is 3.41. The van der Waals surface area contributed by atoms with Gasteiger partial charge in [0.2, 0.25) is 0 Å². The number of hydrogen-bond donors (Lipinski definition) is 1. The molecule has 1 aromatic rings. The maximum absolute atomic E-state index is 11.9. The number of rotatable bonds is 3. The molecule has 2 rings (SSSR count). The lowest BCUT2D eigenvalue weighted by atomic mass is 10.2. The Morgan fingerprint density at radius 3 is 2.78 bits per heavy atom. The van der Waals surface area contributed by atoms with Crippen LogP contribution < -0.4 is 4.72 Å². The molecule has 1 fully saturated rings. The van der Waals surface area contributed by atoms with Crippen molar-refractivity contribution in [2.45, 2.75) is 23.1 Å². The first kappa shape index (κ1) is 14.2. The van der Waals surface area contributed by atoms with E-state index in [1.54, 1.807) is 0 Å². The Morgan fingerprint density at radius 2 is 2.22 bits per heavy atom. The van der Waals surface area contributed by atoms with E-state index in [0.717, 1.165) is 17.5 Å². The summed E-state index contributed by atoms with van der Waals surface area (Å²) in [6, 6.07) is -0.574. The van der Waals surface area contributed by atoms with E-state index in [4.69, 9.17) is 11.6 Å². The quantitative estimate of drug-likeness (QED) is 0.878. The Balaban J connectivity index is 2.14. The van der Waals surface area contributed by atoms with Gasteiger partial charge >= 0.3 is 0 Å². The maximum Gasteiger partial charge on any atom is 0.251 e. The molecular weight excluding hydrogens is 320 g/mol. The standard InChI is InChI=1S/C8H11ClN2O4S3/c9-8-10-4-7(16-8)18(14,15)11-6-2-1-3-17(12,13)5-6/h4,6,11H,1-3,5H2. The molecule has 10 heteroatoms. The summed E-state index contributed by atoms with van der Waals surface area (Å²) in [7, 11) is -6.88. The van der Waals surface area contributed by atoms with E-state index < -0.39 is 25.9 Å². The Bertz CT molecular complexity index is 637. The molecule has 0 spiro atoms. The van der Waals surface area contributed by atoms with Crippen LogP contribution >= 0.6 is 22.9 Å². The summed E-state index contributed by atoms with van der Waals surface area (Å²) < 4.78 is 49.2. The highest BCUT2D eigenvalue weighted by molar-refractivity contribution is 7.92. The van der Waals surface area contributed by atoms with E-state index in [2.05, 4.69) is 9.71 Å². The summed E-state index contributed by atoms with van der Waals surface area (Å²) >= 11 is 6.41. The summed E-state index contributed by atoms with van der Waals surface area (Å²) in [6.45, 7) is 0. The smallest absolute Gasteiger partial charge is 0.232 e. The predicted octanol–water partition coefficient (Wildman–Crippen LogP) is 0.652. The van der Waals surface area contributed by atoms with E-state index >= 15 is 0 Å². The maximum atomic E-state index is 11.9. The number of hydrogen-bond acceptors (Lipinski definition) is 6. The molecule has 0 radical (unpaired) electrons. The lowest BCUT2D eigenvalue weighted by molar-refractivity contribution is 0.518. The summed E-state index contributed by atoms with van der Waals surface area (Å²) in [6.07, 6.45) is 2.15. The Morgan fingerprint density at radius 1 is 1.50 bits per heavy atom. The fourth-order valence-electron chi connectivity index (χ4n) is 1.76. The van der Waals surface area contributed by atoms with Crippen LogP contribution in [0, 0.1) is 0 Å². The second-order valence-corrected chi connectivity index (χ2v) is 9.79. The van der Waals surface area contributed by atoms with Gasteiger partial charge in [-0.3, -0.25) is 0 Å². The van der Waals surface area contributed by atoms with Crippen molar-refractivity contribution in [1.82, 2.24) is 9.71 Å². The number of nitrogens with zero attached hydrogens (tertiary/aromatic N) is 1. The van der Waals surface area contributed by atoms with Gasteiger partial charge in [0.25, 0.3) is 10.0 Å². The van der Waals surface area contributed by atoms with Crippen LogP contribution in [0.1, 0.15) is 12.8 Å². The third-order valence-corrected chi connectivity index (χ3v) is 7.42. The Labute approximate surface area is 114 Å². The van der Waals surface area contributed by atoms with Crippen molar-refractivity contribution in [1.29, 1.82) is 0 Å². The zero-order chi connectivity index (χ0) is 13.4. The largest absolute Gasteiger partial charge is 0.251 e. The minimum Gasteiger partial charge on any atom is -0.232 e. The van der Waals surface area contributed by atoms with Gasteiger partial charge < -0.3 is 0 Å². The van der Waals surface area contributed by atoms with Crippen LogP contribution in [0.25, 0.3) is 0 Å². The first-order chi connectivity index (χ1) is 8.28. The molecule has 1 aromatic heterocycles. The van der Waals surface area contributed by atoms with Gasteiger partial charge in [-0.15, -0.1) is 0 Å². The molecule has 0 bridgehead atoms. The van der Waals surface area contributed by atoms with Crippen LogP contribution in [0.15, 0.2) is 10.4 Å². The molecule has 0 amide bonds. The monoisotopic (exact) mass is 330 g/mol. The molecule has 1 aliphatic heterocycles. The van der Waals surface area contributed by atoms with Crippen LogP contribution in [-0.4, -0.2) is 39.4 Å². The van der Waals surface area contributed by atoms with E-state index in [9.17, 15) is 16.8 Å². The van der Waals surface area contributed by atoms with E-state index in [-0.39, 0.29) is 20.2 Å². The summed E-state index contributed by atoms with van der Waals surface area (Å²) in [5.74, 6) is -0.0314. The zero-order valence-electron chi connectivity index (χ0n) is 9.17. The van der Waals surface area contributed by atoms with Gasteiger partial charge in [-0.25, -0.2) is 26.5 Å². The van der Waals surface area contributed by atoms with Crippen LogP contribution in [0.3, 0.4) is 0 Å². The molecule has 1 atom stereocenters. The molecule has 102 valence electrons. The first-order valence-electron chi connectivity index (χ1n) is 5.13. The highest BCUT2D eigenvalue weighted by Crippen LogP contribution is 2.23. The second-order valence-electron chi connectivity index (χ2n) is 4.01. The normalized spacial score (nSPS) is 23.9. The number of halogens is 1. The summed E-state index contributed by atoms with van der Waals surface area (Å²) in [4.78, 5) is 3.65. The molecular formula is C8H11ClN2O4S3. The molecule has 6 nitrogen and oxygen atoms in total. The molecule has 1 aliphatic rings. The molecule has 18 heavy (non-hydrogen) atoms. The van der Waals surface area contributed by atoms with Crippen LogP contribution in [0.4, 0.5) is 0 Å². The fourth-order valence-corrected chi connectivity index (χ4v) is 6.08. The topological polar surface area (TPSA) is 93.2 Å². The molecule has 1 N–H and O–H groups in total.